The Morgan fingerprint density at radius 2 is 2.30 bits per heavy atom. The topological polar surface area (TPSA) is 118 Å². The molecular formula is C19H19N5O3. The standard InChI is InChI=1S/C19H19N5O3/c20-9-15-18(23-7-4-13(10-23)24-6-1-5-21-24)14-8-12(17(26)11-25)2-3-16(14)22-19(15)27/h1-3,5-6,8,13,17,25-26H,4,7,10-11H2,(H,22,27)/t13-,17?/m1/s1. The van der Waals surface area contributed by atoms with Crippen molar-refractivity contribution in [1.29, 1.82) is 5.26 Å². The second kappa shape index (κ2) is 6.87. The van der Waals surface area contributed by atoms with Gasteiger partial charge in [-0.25, -0.2) is 0 Å². The van der Waals surface area contributed by atoms with Gasteiger partial charge < -0.3 is 20.1 Å². The maximum atomic E-state index is 12.4. The summed E-state index contributed by atoms with van der Waals surface area (Å²) in [7, 11) is 0. The number of aromatic nitrogens is 3. The van der Waals surface area contributed by atoms with Crippen LogP contribution in [0.1, 0.15) is 29.7 Å². The summed E-state index contributed by atoms with van der Waals surface area (Å²) in [6.07, 6.45) is 3.47. The lowest BCUT2D eigenvalue weighted by Crippen LogP contribution is -2.25. The van der Waals surface area contributed by atoms with E-state index >= 15 is 0 Å². The number of pyridine rings is 1. The predicted molar refractivity (Wildman–Crippen MR) is 99.4 cm³/mol. The van der Waals surface area contributed by atoms with Crippen molar-refractivity contribution in [3.8, 4) is 6.07 Å². The summed E-state index contributed by atoms with van der Waals surface area (Å²) in [4.78, 5) is 17.2. The summed E-state index contributed by atoms with van der Waals surface area (Å²) >= 11 is 0. The van der Waals surface area contributed by atoms with Gasteiger partial charge in [0.15, 0.2) is 0 Å². The van der Waals surface area contributed by atoms with Crippen molar-refractivity contribution >= 4 is 16.6 Å². The van der Waals surface area contributed by atoms with Crippen molar-refractivity contribution in [3.05, 3.63) is 58.1 Å². The highest BCUT2D eigenvalue weighted by molar-refractivity contribution is 5.95. The van der Waals surface area contributed by atoms with Crippen LogP contribution in [0.5, 0.6) is 0 Å². The van der Waals surface area contributed by atoms with Crippen molar-refractivity contribution in [2.75, 3.05) is 24.6 Å². The minimum absolute atomic E-state index is 0.0549. The Bertz CT molecular complexity index is 1070. The average molecular weight is 365 g/mol. The van der Waals surface area contributed by atoms with Crippen molar-refractivity contribution in [3.63, 3.8) is 0 Å². The molecule has 0 spiro atoms. The largest absolute Gasteiger partial charge is 0.393 e. The molecule has 0 radical (unpaired) electrons. The SMILES string of the molecule is N#Cc1c(N2CC[C@@H](n3cccn3)C2)c2cc(C(O)CO)ccc2[nH]c1=O. The van der Waals surface area contributed by atoms with Crippen LogP contribution >= 0.6 is 0 Å². The number of rotatable bonds is 4. The number of aliphatic hydroxyl groups excluding tert-OH is 2. The van der Waals surface area contributed by atoms with Gasteiger partial charge in [0.1, 0.15) is 17.7 Å². The number of nitriles is 1. The molecule has 0 aliphatic carbocycles. The van der Waals surface area contributed by atoms with Gasteiger partial charge in [0.2, 0.25) is 0 Å². The summed E-state index contributed by atoms with van der Waals surface area (Å²) < 4.78 is 1.89. The van der Waals surface area contributed by atoms with Gasteiger partial charge >= 0.3 is 0 Å². The first-order chi connectivity index (χ1) is 13.1. The number of benzene rings is 1. The van der Waals surface area contributed by atoms with Crippen LogP contribution in [-0.2, 0) is 0 Å². The highest BCUT2D eigenvalue weighted by atomic mass is 16.3. The second-order valence-corrected chi connectivity index (χ2v) is 6.67. The predicted octanol–water partition coefficient (Wildman–Crippen LogP) is 1.07. The smallest absolute Gasteiger partial charge is 0.268 e. The lowest BCUT2D eigenvalue weighted by Gasteiger charge is -2.22. The summed E-state index contributed by atoms with van der Waals surface area (Å²) in [5.74, 6) is 0. The first kappa shape index (κ1) is 17.3. The molecule has 4 rings (SSSR count). The highest BCUT2D eigenvalue weighted by Crippen LogP contribution is 2.34. The van der Waals surface area contributed by atoms with E-state index in [4.69, 9.17) is 0 Å². The van der Waals surface area contributed by atoms with Gasteiger partial charge in [0.25, 0.3) is 5.56 Å². The van der Waals surface area contributed by atoms with Crippen molar-refractivity contribution in [2.24, 2.45) is 0 Å². The lowest BCUT2D eigenvalue weighted by molar-refractivity contribution is 0.0957. The number of hydrogen-bond acceptors (Lipinski definition) is 6. The number of H-pyrrole nitrogens is 1. The van der Waals surface area contributed by atoms with Crippen molar-refractivity contribution in [1.82, 2.24) is 14.8 Å². The normalized spacial score (nSPS) is 18.0. The first-order valence-corrected chi connectivity index (χ1v) is 8.75. The van der Waals surface area contributed by atoms with E-state index in [1.54, 1.807) is 24.4 Å². The Hall–Kier alpha value is -3.15. The fourth-order valence-corrected chi connectivity index (χ4v) is 3.70. The van der Waals surface area contributed by atoms with Crippen LogP contribution in [0, 0.1) is 11.3 Å². The Kier molecular flexibility index (Phi) is 4.39. The van der Waals surface area contributed by atoms with Crippen molar-refractivity contribution in [2.45, 2.75) is 18.6 Å². The number of fused-ring (bicyclic) bond motifs is 1. The minimum atomic E-state index is -1.02. The highest BCUT2D eigenvalue weighted by Gasteiger charge is 2.28. The van der Waals surface area contributed by atoms with Gasteiger partial charge in [-0.2, -0.15) is 10.4 Å². The van der Waals surface area contributed by atoms with Crippen LogP contribution in [0.15, 0.2) is 41.5 Å². The molecule has 3 aromatic rings. The maximum absolute atomic E-state index is 12.4. The van der Waals surface area contributed by atoms with Gasteiger partial charge in [-0.05, 0) is 30.2 Å². The number of nitrogens with zero attached hydrogens (tertiary/aromatic N) is 4. The van der Waals surface area contributed by atoms with E-state index < -0.39 is 18.3 Å². The zero-order valence-electron chi connectivity index (χ0n) is 14.5. The molecule has 0 amide bonds. The third kappa shape index (κ3) is 2.97. The van der Waals surface area contributed by atoms with Gasteiger partial charge in [-0.1, -0.05) is 6.07 Å². The molecule has 3 N–H and O–H groups in total. The van der Waals surface area contributed by atoms with E-state index in [1.807, 2.05) is 27.9 Å². The molecule has 2 aromatic heterocycles. The zero-order chi connectivity index (χ0) is 19.0. The molecule has 8 heteroatoms. The average Bonchev–Trinajstić information content (AvgIpc) is 3.37. The van der Waals surface area contributed by atoms with Crippen LogP contribution in [-0.4, -0.2) is 44.7 Å². The molecule has 3 heterocycles. The van der Waals surface area contributed by atoms with E-state index in [0.717, 1.165) is 6.42 Å². The Morgan fingerprint density at radius 3 is 3.00 bits per heavy atom. The quantitative estimate of drug-likeness (QED) is 0.637. The third-order valence-electron chi connectivity index (χ3n) is 5.06. The Labute approximate surface area is 154 Å². The van der Waals surface area contributed by atoms with E-state index in [-0.39, 0.29) is 11.6 Å². The molecule has 2 atom stereocenters. The van der Waals surface area contributed by atoms with Gasteiger partial charge in [-0.15, -0.1) is 0 Å². The summed E-state index contributed by atoms with van der Waals surface area (Å²) in [6, 6.07) is 9.13. The Balaban J connectivity index is 1.84. The Morgan fingerprint density at radius 1 is 1.44 bits per heavy atom. The summed E-state index contributed by atoms with van der Waals surface area (Å²) in [6.45, 7) is 0.909. The molecule has 1 aliphatic rings. The van der Waals surface area contributed by atoms with Gasteiger partial charge in [0, 0.05) is 30.9 Å². The van der Waals surface area contributed by atoms with E-state index in [2.05, 4.69) is 10.1 Å². The molecule has 8 nitrogen and oxygen atoms in total. The molecule has 138 valence electrons. The molecule has 1 aliphatic heterocycles. The van der Waals surface area contributed by atoms with Crippen LogP contribution in [0.2, 0.25) is 0 Å². The maximum Gasteiger partial charge on any atom is 0.268 e. The summed E-state index contributed by atoms with van der Waals surface area (Å²) in [5.41, 5.74) is 1.31. The molecular weight excluding hydrogens is 346 g/mol. The van der Waals surface area contributed by atoms with Gasteiger partial charge in [0.05, 0.1) is 23.9 Å². The van der Waals surface area contributed by atoms with E-state index in [9.17, 15) is 20.3 Å². The van der Waals surface area contributed by atoms with Crippen LogP contribution < -0.4 is 10.5 Å². The molecule has 0 saturated carbocycles. The second-order valence-electron chi connectivity index (χ2n) is 6.67. The number of hydrogen-bond donors (Lipinski definition) is 3. The zero-order valence-corrected chi connectivity index (χ0v) is 14.5. The molecule has 0 bridgehead atoms. The third-order valence-corrected chi connectivity index (χ3v) is 5.06. The lowest BCUT2D eigenvalue weighted by atomic mass is 10.0. The number of aliphatic hydroxyl groups is 2. The summed E-state index contributed by atoms with van der Waals surface area (Å²) in [5, 5.41) is 33.8. The van der Waals surface area contributed by atoms with Crippen LogP contribution in [0.25, 0.3) is 10.9 Å². The fourth-order valence-electron chi connectivity index (χ4n) is 3.70. The van der Waals surface area contributed by atoms with Crippen LogP contribution in [0.4, 0.5) is 5.69 Å². The number of anilines is 1. The minimum Gasteiger partial charge on any atom is -0.393 e. The van der Waals surface area contributed by atoms with E-state index in [1.165, 1.54) is 0 Å². The number of nitrogens with one attached hydrogen (secondary N) is 1. The molecule has 1 fully saturated rings. The molecule has 1 aromatic carbocycles. The van der Waals surface area contributed by atoms with Crippen LogP contribution in [0.3, 0.4) is 0 Å². The molecule has 1 saturated heterocycles. The number of aromatic amines is 1. The van der Waals surface area contributed by atoms with E-state index in [0.29, 0.717) is 35.2 Å². The van der Waals surface area contributed by atoms with Crippen molar-refractivity contribution < 1.29 is 10.2 Å². The monoisotopic (exact) mass is 365 g/mol. The first-order valence-electron chi connectivity index (χ1n) is 8.75. The van der Waals surface area contributed by atoms with Gasteiger partial charge in [-0.3, -0.25) is 9.48 Å². The molecule has 1 unspecified atom stereocenters. The fraction of sp³-hybridized carbons (Fsp3) is 0.316. The molecule has 27 heavy (non-hydrogen) atoms.